The van der Waals surface area contributed by atoms with Crippen LogP contribution >= 0.6 is 11.6 Å². The number of hydrogen-bond acceptors (Lipinski definition) is 5. The van der Waals surface area contributed by atoms with E-state index in [9.17, 15) is 18.0 Å². The fourth-order valence-electron chi connectivity index (χ4n) is 7.47. The molecule has 4 bridgehead atoms. The zero-order chi connectivity index (χ0) is 28.1. The Bertz CT molecular complexity index is 1410. The average Bonchev–Trinajstić information content (AvgIpc) is 2.89. The molecule has 0 spiro atoms. The first-order valence-corrected chi connectivity index (χ1v) is 14.2. The Morgan fingerprint density at radius 1 is 0.975 bits per heavy atom. The number of hydrogen-bond donors (Lipinski definition) is 2. The number of anilines is 4. The van der Waals surface area contributed by atoms with Crippen LogP contribution in [-0.4, -0.2) is 17.6 Å². The van der Waals surface area contributed by atoms with Gasteiger partial charge in [-0.2, -0.15) is 13.2 Å². The average molecular weight is 570 g/mol. The molecule has 0 atom stereocenters. The molecule has 0 aliphatic heterocycles. The summed E-state index contributed by atoms with van der Waals surface area (Å²) in [6.45, 7) is 1.87. The van der Waals surface area contributed by atoms with Gasteiger partial charge in [-0.1, -0.05) is 23.7 Å². The number of ether oxygens (including phenoxy) is 1. The summed E-state index contributed by atoms with van der Waals surface area (Å²) >= 11 is 6.74. The van der Waals surface area contributed by atoms with Crippen LogP contribution in [-0.2, 0) is 16.3 Å². The van der Waals surface area contributed by atoms with Crippen molar-refractivity contribution in [3.63, 3.8) is 0 Å². The van der Waals surface area contributed by atoms with Gasteiger partial charge in [-0.05, 0) is 117 Å². The van der Waals surface area contributed by atoms with E-state index < -0.39 is 17.7 Å². The Morgan fingerprint density at radius 3 is 2.23 bits per heavy atom. The van der Waals surface area contributed by atoms with Crippen molar-refractivity contribution in [1.82, 2.24) is 4.98 Å². The van der Waals surface area contributed by atoms with Gasteiger partial charge in [0.2, 0.25) is 0 Å². The molecule has 4 saturated carbocycles. The Labute approximate surface area is 236 Å². The summed E-state index contributed by atoms with van der Waals surface area (Å²) < 4.78 is 46.4. The van der Waals surface area contributed by atoms with Gasteiger partial charge in [0.1, 0.15) is 5.82 Å². The molecule has 2 N–H and O–H groups in total. The smallest absolute Gasteiger partial charge is 0.416 e. The first kappa shape index (κ1) is 26.9. The van der Waals surface area contributed by atoms with Crippen molar-refractivity contribution in [2.75, 3.05) is 17.2 Å². The molecule has 1 aromatic heterocycles. The summed E-state index contributed by atoms with van der Waals surface area (Å²) in [5.74, 6) is 2.00. The second kappa shape index (κ2) is 10.3. The largest absolute Gasteiger partial charge is 0.461 e. The van der Waals surface area contributed by atoms with Crippen LogP contribution in [0, 0.1) is 17.8 Å². The highest BCUT2D eigenvalue weighted by atomic mass is 35.5. The maximum Gasteiger partial charge on any atom is 0.416 e. The fourth-order valence-corrected chi connectivity index (χ4v) is 7.70. The summed E-state index contributed by atoms with van der Waals surface area (Å²) in [5, 5.41) is 6.47. The molecule has 0 saturated heterocycles. The van der Waals surface area contributed by atoms with E-state index in [1.807, 2.05) is 12.1 Å². The first-order chi connectivity index (χ1) is 19.1. The van der Waals surface area contributed by atoms with Gasteiger partial charge in [0, 0.05) is 11.4 Å². The first-order valence-electron chi connectivity index (χ1n) is 13.8. The lowest BCUT2D eigenvalue weighted by molar-refractivity contribution is -0.137. The molecule has 4 fully saturated rings. The van der Waals surface area contributed by atoms with E-state index in [1.54, 1.807) is 25.1 Å². The number of carbonyl (C=O) groups is 1. The summed E-state index contributed by atoms with van der Waals surface area (Å²) in [7, 11) is 0. The van der Waals surface area contributed by atoms with E-state index in [4.69, 9.17) is 16.3 Å². The van der Waals surface area contributed by atoms with E-state index in [1.165, 1.54) is 50.2 Å². The van der Waals surface area contributed by atoms with Crippen molar-refractivity contribution >= 4 is 40.5 Å². The second-order valence-corrected chi connectivity index (χ2v) is 12.0. The highest BCUT2D eigenvalue weighted by molar-refractivity contribution is 6.33. The molecule has 7 rings (SSSR count). The van der Waals surface area contributed by atoms with Gasteiger partial charge in [-0.3, -0.25) is 0 Å². The quantitative estimate of drug-likeness (QED) is 0.278. The van der Waals surface area contributed by atoms with Gasteiger partial charge in [0.15, 0.2) is 5.69 Å². The maximum absolute atomic E-state index is 13.8. The molecular formula is C31H31ClF3N3O2. The predicted octanol–water partition coefficient (Wildman–Crippen LogP) is 8.89. The summed E-state index contributed by atoms with van der Waals surface area (Å²) in [5.41, 5.74) is 1.58. The lowest BCUT2D eigenvalue weighted by Crippen LogP contribution is -2.48. The molecule has 9 heteroatoms. The van der Waals surface area contributed by atoms with Crippen molar-refractivity contribution < 1.29 is 22.7 Å². The molecule has 0 amide bonds. The molecule has 4 aliphatic rings. The standard InChI is InChI=1S/C31H31ClF3N3O2/c1-2-40-29(39)27-4-3-5-28(38-27)37-24-12-22(31(33,34)35)11-23(14-24)36-26-7-6-21(13-25(26)32)30-15-18-8-19(16-30)10-20(9-18)17-30/h3-7,11-14,18-20,36H,2,8-10,15-17H2,1H3,(H,37,38). The van der Waals surface area contributed by atoms with E-state index in [-0.39, 0.29) is 34.9 Å². The minimum absolute atomic E-state index is 0.0584. The number of benzene rings is 2. The van der Waals surface area contributed by atoms with Gasteiger partial charge >= 0.3 is 12.1 Å². The van der Waals surface area contributed by atoms with Crippen molar-refractivity contribution in [3.05, 3.63) is 76.4 Å². The monoisotopic (exact) mass is 569 g/mol. The van der Waals surface area contributed by atoms with E-state index in [2.05, 4.69) is 21.7 Å². The predicted molar refractivity (Wildman–Crippen MR) is 150 cm³/mol. The summed E-state index contributed by atoms with van der Waals surface area (Å²) in [6, 6.07) is 14.2. The van der Waals surface area contributed by atoms with Crippen LogP contribution in [0.5, 0.6) is 0 Å². The second-order valence-electron chi connectivity index (χ2n) is 11.6. The van der Waals surface area contributed by atoms with E-state index >= 15 is 0 Å². The molecule has 0 radical (unpaired) electrons. The number of halogens is 4. The molecule has 1 heterocycles. The van der Waals surface area contributed by atoms with Crippen LogP contribution < -0.4 is 10.6 Å². The molecule has 40 heavy (non-hydrogen) atoms. The highest BCUT2D eigenvalue weighted by Crippen LogP contribution is 2.61. The highest BCUT2D eigenvalue weighted by Gasteiger charge is 2.51. The van der Waals surface area contributed by atoms with Crippen LogP contribution in [0.2, 0.25) is 5.02 Å². The number of alkyl halides is 3. The minimum atomic E-state index is -4.57. The lowest BCUT2D eigenvalue weighted by Gasteiger charge is -2.57. The number of esters is 1. The van der Waals surface area contributed by atoms with Crippen LogP contribution in [0.4, 0.5) is 36.1 Å². The van der Waals surface area contributed by atoms with Gasteiger partial charge < -0.3 is 15.4 Å². The Balaban J connectivity index is 1.26. The normalized spacial score (nSPS) is 25.1. The lowest BCUT2D eigenvalue weighted by atomic mass is 9.48. The Hall–Kier alpha value is -3.26. The third-order valence-electron chi connectivity index (χ3n) is 8.67. The van der Waals surface area contributed by atoms with Gasteiger partial charge in [-0.15, -0.1) is 0 Å². The fraction of sp³-hybridized carbons (Fsp3) is 0.419. The van der Waals surface area contributed by atoms with Gasteiger partial charge in [0.25, 0.3) is 0 Å². The number of nitrogens with zero attached hydrogens (tertiary/aromatic N) is 1. The molecule has 2 aromatic carbocycles. The minimum Gasteiger partial charge on any atom is -0.461 e. The molecular weight excluding hydrogens is 539 g/mol. The zero-order valence-electron chi connectivity index (χ0n) is 22.2. The number of rotatable bonds is 7. The third kappa shape index (κ3) is 5.38. The van der Waals surface area contributed by atoms with Crippen molar-refractivity contribution in [2.24, 2.45) is 17.8 Å². The maximum atomic E-state index is 13.8. The zero-order valence-corrected chi connectivity index (χ0v) is 22.9. The SMILES string of the molecule is CCOC(=O)c1cccc(Nc2cc(Nc3ccc(C45CC6CC(CC(C6)C4)C5)cc3Cl)cc(C(F)(F)F)c2)n1. The number of nitrogens with one attached hydrogen (secondary N) is 2. The molecule has 210 valence electrons. The van der Waals surface area contributed by atoms with Gasteiger partial charge in [-0.25, -0.2) is 9.78 Å². The molecule has 5 nitrogen and oxygen atoms in total. The Kier molecular flexibility index (Phi) is 6.93. The number of pyridine rings is 1. The van der Waals surface area contributed by atoms with Crippen LogP contribution in [0.3, 0.4) is 0 Å². The van der Waals surface area contributed by atoms with Gasteiger partial charge in [0.05, 0.1) is 22.9 Å². The number of aromatic nitrogens is 1. The van der Waals surface area contributed by atoms with E-state index in [0.29, 0.717) is 10.7 Å². The Morgan fingerprint density at radius 2 is 1.62 bits per heavy atom. The number of carbonyl (C=O) groups excluding carboxylic acids is 1. The van der Waals surface area contributed by atoms with Crippen molar-refractivity contribution in [2.45, 2.75) is 57.0 Å². The topological polar surface area (TPSA) is 63.2 Å². The van der Waals surface area contributed by atoms with Crippen LogP contribution in [0.25, 0.3) is 0 Å². The van der Waals surface area contributed by atoms with E-state index in [0.717, 1.165) is 29.9 Å². The third-order valence-corrected chi connectivity index (χ3v) is 8.98. The summed E-state index contributed by atoms with van der Waals surface area (Å²) in [4.78, 5) is 16.2. The molecule has 0 unspecified atom stereocenters. The molecule has 4 aliphatic carbocycles. The van der Waals surface area contributed by atoms with Crippen LogP contribution in [0.1, 0.15) is 67.1 Å². The van der Waals surface area contributed by atoms with Crippen LogP contribution in [0.15, 0.2) is 54.6 Å². The molecule has 3 aromatic rings. The summed E-state index contributed by atoms with van der Waals surface area (Å²) in [6.07, 6.45) is 3.09. The van der Waals surface area contributed by atoms with Crippen molar-refractivity contribution in [3.8, 4) is 0 Å². The van der Waals surface area contributed by atoms with Crippen molar-refractivity contribution in [1.29, 1.82) is 0 Å².